The summed E-state index contributed by atoms with van der Waals surface area (Å²) in [5, 5.41) is 16.6. The van der Waals surface area contributed by atoms with Gasteiger partial charge in [0.15, 0.2) is 5.44 Å². The van der Waals surface area contributed by atoms with E-state index in [1.54, 1.807) is 0 Å². The van der Waals surface area contributed by atoms with Gasteiger partial charge in [-0.1, -0.05) is 0 Å². The Morgan fingerprint density at radius 1 is 1.00 bits per heavy atom. The summed E-state index contributed by atoms with van der Waals surface area (Å²) < 4.78 is 57.5. The molecular formula is C2H5NaO8S2. The molecule has 0 amide bonds. The molecule has 0 radical (unpaired) electrons. The number of aliphatic hydroxyl groups excluding tert-OH is 2. The van der Waals surface area contributed by atoms with Crippen molar-refractivity contribution >= 4 is 20.2 Å². The van der Waals surface area contributed by atoms with Crippen molar-refractivity contribution in [1.29, 1.82) is 0 Å². The zero-order chi connectivity index (χ0) is 10.2. The summed E-state index contributed by atoms with van der Waals surface area (Å²) in [7, 11) is -10.5. The molecule has 0 saturated heterocycles. The molecule has 0 fully saturated rings. The van der Waals surface area contributed by atoms with E-state index in [0.717, 1.165) is 0 Å². The van der Waals surface area contributed by atoms with Gasteiger partial charge in [-0.05, 0) is 0 Å². The zero-order valence-corrected chi connectivity index (χ0v) is 9.99. The van der Waals surface area contributed by atoms with Crippen LogP contribution in [0, 0.1) is 0 Å². The summed E-state index contributed by atoms with van der Waals surface area (Å²) in [5.41, 5.74) is -6.13. The van der Waals surface area contributed by atoms with Crippen LogP contribution in [-0.4, -0.2) is 47.0 Å². The van der Waals surface area contributed by atoms with Crippen LogP contribution in [0.4, 0.5) is 0 Å². The summed E-state index contributed by atoms with van der Waals surface area (Å²) in [4.78, 5) is 0. The molecule has 0 bridgehead atoms. The van der Waals surface area contributed by atoms with Gasteiger partial charge < -0.3 is 14.8 Å². The van der Waals surface area contributed by atoms with Gasteiger partial charge in [-0.25, -0.2) is 8.42 Å². The Labute approximate surface area is 96.4 Å². The monoisotopic (exact) mass is 244 g/mol. The molecule has 0 heterocycles. The van der Waals surface area contributed by atoms with Gasteiger partial charge in [0.2, 0.25) is 5.44 Å². The first-order chi connectivity index (χ1) is 5.07. The van der Waals surface area contributed by atoms with Crippen LogP contribution in [0.25, 0.3) is 0 Å². The van der Waals surface area contributed by atoms with Crippen LogP contribution in [0.1, 0.15) is 0 Å². The quantitative estimate of drug-likeness (QED) is 0.327. The molecule has 3 N–H and O–H groups in total. The summed E-state index contributed by atoms with van der Waals surface area (Å²) in [5.74, 6) is 0. The van der Waals surface area contributed by atoms with Crippen LogP contribution >= 0.6 is 0 Å². The zero-order valence-electron chi connectivity index (χ0n) is 6.35. The molecular weight excluding hydrogens is 239 g/mol. The molecule has 0 saturated carbocycles. The van der Waals surface area contributed by atoms with Crippen molar-refractivity contribution < 1.29 is 65.7 Å². The largest absolute Gasteiger partial charge is 1.00 e. The molecule has 0 aliphatic heterocycles. The Bertz CT molecular complexity index is 304. The molecule has 2 atom stereocenters. The predicted molar refractivity (Wildman–Crippen MR) is 33.3 cm³/mol. The molecule has 2 unspecified atom stereocenters. The molecule has 0 aliphatic carbocycles. The summed E-state index contributed by atoms with van der Waals surface area (Å²) >= 11 is 0. The van der Waals surface area contributed by atoms with Gasteiger partial charge >= 0.3 is 29.6 Å². The van der Waals surface area contributed by atoms with Crippen molar-refractivity contribution in [2.24, 2.45) is 0 Å². The van der Waals surface area contributed by atoms with E-state index in [1.807, 2.05) is 0 Å². The molecule has 11 heteroatoms. The van der Waals surface area contributed by atoms with Crippen LogP contribution < -0.4 is 29.6 Å². The second-order valence-electron chi connectivity index (χ2n) is 1.79. The Hall–Kier alpha value is 0.740. The second-order valence-corrected chi connectivity index (χ2v) is 4.77. The van der Waals surface area contributed by atoms with Gasteiger partial charge in [0.25, 0.3) is 10.1 Å². The first kappa shape index (κ1) is 16.2. The molecule has 0 aromatic carbocycles. The third kappa shape index (κ3) is 5.24. The summed E-state index contributed by atoms with van der Waals surface area (Å²) in [6.07, 6.45) is 0. The predicted octanol–water partition coefficient (Wildman–Crippen LogP) is -5.94. The Balaban J connectivity index is 0. The Morgan fingerprint density at radius 2 is 1.31 bits per heavy atom. The van der Waals surface area contributed by atoms with Crippen LogP contribution in [-0.2, 0) is 20.2 Å². The topological polar surface area (TPSA) is 152 Å². The van der Waals surface area contributed by atoms with Crippen molar-refractivity contribution in [2.45, 2.75) is 10.9 Å². The van der Waals surface area contributed by atoms with Crippen molar-refractivity contribution in [3.8, 4) is 0 Å². The van der Waals surface area contributed by atoms with Gasteiger partial charge in [-0.2, -0.15) is 8.42 Å². The molecule has 74 valence electrons. The van der Waals surface area contributed by atoms with Crippen molar-refractivity contribution in [2.75, 3.05) is 0 Å². The summed E-state index contributed by atoms with van der Waals surface area (Å²) in [6, 6.07) is 0. The first-order valence-electron chi connectivity index (χ1n) is 2.34. The number of hydrogen-bond donors (Lipinski definition) is 3. The average Bonchev–Trinajstić information content (AvgIpc) is 1.80. The smallest absolute Gasteiger partial charge is 0.746 e. The number of hydrogen-bond acceptors (Lipinski definition) is 7. The van der Waals surface area contributed by atoms with Gasteiger partial charge in [-0.15, -0.1) is 0 Å². The normalized spacial score (nSPS) is 17.2. The van der Waals surface area contributed by atoms with E-state index in [1.165, 1.54) is 0 Å². The van der Waals surface area contributed by atoms with Crippen molar-refractivity contribution in [3.63, 3.8) is 0 Å². The molecule has 13 heavy (non-hydrogen) atoms. The van der Waals surface area contributed by atoms with E-state index in [2.05, 4.69) is 0 Å². The fourth-order valence-corrected chi connectivity index (χ4v) is 1.70. The molecule has 0 aliphatic rings. The number of rotatable bonds is 3. The third-order valence-electron chi connectivity index (χ3n) is 0.845. The van der Waals surface area contributed by atoms with E-state index in [9.17, 15) is 21.4 Å². The maximum Gasteiger partial charge on any atom is 1.00 e. The molecule has 0 aromatic heterocycles. The molecule has 0 rings (SSSR count). The van der Waals surface area contributed by atoms with Crippen molar-refractivity contribution in [1.82, 2.24) is 0 Å². The van der Waals surface area contributed by atoms with Gasteiger partial charge in [-0.3, -0.25) is 4.55 Å². The minimum absolute atomic E-state index is 0. The maximum absolute atomic E-state index is 9.96. The minimum atomic E-state index is -5.37. The SMILES string of the molecule is O=S(=O)([O-])C(O)C(O)S(=O)(=O)O.[Na+]. The van der Waals surface area contributed by atoms with Gasteiger partial charge in [0, 0.05) is 0 Å². The van der Waals surface area contributed by atoms with E-state index >= 15 is 0 Å². The van der Waals surface area contributed by atoms with E-state index in [-0.39, 0.29) is 29.6 Å². The van der Waals surface area contributed by atoms with Crippen molar-refractivity contribution in [3.05, 3.63) is 0 Å². The van der Waals surface area contributed by atoms with Gasteiger partial charge in [0.1, 0.15) is 10.1 Å². The van der Waals surface area contributed by atoms with E-state index in [0.29, 0.717) is 0 Å². The minimum Gasteiger partial charge on any atom is -0.746 e. The number of aliphatic hydroxyl groups is 2. The Kier molecular flexibility index (Phi) is 6.22. The van der Waals surface area contributed by atoms with Crippen LogP contribution in [0.2, 0.25) is 0 Å². The van der Waals surface area contributed by atoms with E-state index in [4.69, 9.17) is 14.8 Å². The third-order valence-corrected chi connectivity index (χ3v) is 2.73. The molecule has 0 spiro atoms. The fourth-order valence-electron chi connectivity index (χ4n) is 0.290. The van der Waals surface area contributed by atoms with Gasteiger partial charge in [0.05, 0.1) is 0 Å². The summed E-state index contributed by atoms with van der Waals surface area (Å²) in [6.45, 7) is 0. The average molecular weight is 244 g/mol. The first-order valence-corrected chi connectivity index (χ1v) is 5.31. The maximum atomic E-state index is 9.96. The van der Waals surface area contributed by atoms with Crippen LogP contribution in [0.5, 0.6) is 0 Å². The second kappa shape index (κ2) is 5.00. The Morgan fingerprint density at radius 3 is 1.38 bits per heavy atom. The van der Waals surface area contributed by atoms with Crippen LogP contribution in [0.15, 0.2) is 0 Å². The standard InChI is InChI=1S/C2H6O8S2.Na/c3-1(11(5,6)7)2(4)12(8,9)10;/h1-4H,(H,5,6,7)(H,8,9,10);/q;+1/p-1. The fraction of sp³-hybridized carbons (Fsp3) is 1.00. The molecule has 8 nitrogen and oxygen atoms in total. The molecule has 0 aromatic rings. The van der Waals surface area contributed by atoms with E-state index < -0.39 is 31.1 Å². The van der Waals surface area contributed by atoms with Crippen LogP contribution in [0.3, 0.4) is 0 Å².